The molecule has 1 fully saturated rings. The quantitative estimate of drug-likeness (QED) is 0.579. The van der Waals surface area contributed by atoms with Crippen LogP contribution in [0.2, 0.25) is 0 Å². The Kier molecular flexibility index (Phi) is 6.92. The second-order valence-electron chi connectivity index (χ2n) is 9.58. The Bertz CT molecular complexity index is 1210. The summed E-state index contributed by atoms with van der Waals surface area (Å²) in [7, 11) is 1.60. The molecule has 5 rings (SSSR count). The molecule has 0 spiro atoms. The Balaban J connectivity index is 1.49. The van der Waals surface area contributed by atoms with Gasteiger partial charge < -0.3 is 19.5 Å². The minimum absolute atomic E-state index is 0.0316. The number of hydrogen-bond donors (Lipinski definition) is 1. The monoisotopic (exact) mass is 491 g/mol. The summed E-state index contributed by atoms with van der Waals surface area (Å²) >= 11 is 0. The molecule has 7 heteroatoms. The van der Waals surface area contributed by atoms with Crippen LogP contribution in [0.3, 0.4) is 0 Å². The number of ketones is 1. The highest BCUT2D eigenvalue weighted by atomic mass is 19.1. The molecule has 3 aliphatic rings. The first-order chi connectivity index (χ1) is 17.4. The summed E-state index contributed by atoms with van der Waals surface area (Å²) in [5.74, 6) is -0.711. The maximum Gasteiger partial charge on any atom is 0.336 e. The van der Waals surface area contributed by atoms with E-state index < -0.39 is 11.9 Å². The minimum Gasteiger partial charge on any atom is -0.497 e. The number of methoxy groups -OCH3 is 1. The van der Waals surface area contributed by atoms with Crippen molar-refractivity contribution >= 4 is 11.8 Å². The molecule has 1 N–H and O–H groups in total. The molecular formula is C29H30FNO5. The van der Waals surface area contributed by atoms with Gasteiger partial charge in [-0.25, -0.2) is 9.18 Å². The summed E-state index contributed by atoms with van der Waals surface area (Å²) in [6, 6.07) is 13.8. The fourth-order valence-electron chi connectivity index (χ4n) is 5.43. The van der Waals surface area contributed by atoms with Crippen LogP contribution in [0, 0.1) is 5.82 Å². The van der Waals surface area contributed by atoms with Gasteiger partial charge in [-0.2, -0.15) is 0 Å². The number of halogens is 1. The summed E-state index contributed by atoms with van der Waals surface area (Å²) in [5, 5.41) is 3.35. The third-order valence-electron chi connectivity index (χ3n) is 7.26. The fraction of sp³-hybridized carbons (Fsp3) is 0.379. The summed E-state index contributed by atoms with van der Waals surface area (Å²) in [6.45, 7) is 2.71. The second-order valence-corrected chi connectivity index (χ2v) is 9.58. The van der Waals surface area contributed by atoms with Gasteiger partial charge >= 0.3 is 5.97 Å². The topological polar surface area (TPSA) is 73.9 Å². The van der Waals surface area contributed by atoms with Gasteiger partial charge in [-0.15, -0.1) is 0 Å². The molecule has 188 valence electrons. The molecule has 36 heavy (non-hydrogen) atoms. The number of dihydropyridines is 1. The number of carbonyl (C=O) groups excluding carboxylic acids is 2. The van der Waals surface area contributed by atoms with Gasteiger partial charge in [0.05, 0.1) is 18.8 Å². The average Bonchev–Trinajstić information content (AvgIpc) is 3.40. The average molecular weight is 492 g/mol. The van der Waals surface area contributed by atoms with E-state index in [4.69, 9.17) is 14.2 Å². The van der Waals surface area contributed by atoms with Gasteiger partial charge in [-0.05, 0) is 67.5 Å². The maximum atomic E-state index is 13.6. The normalized spacial score (nSPS) is 23.9. The highest BCUT2D eigenvalue weighted by Crippen LogP contribution is 2.46. The van der Waals surface area contributed by atoms with Crippen LogP contribution >= 0.6 is 0 Å². The summed E-state index contributed by atoms with van der Waals surface area (Å²) in [4.78, 5) is 27.0. The van der Waals surface area contributed by atoms with Crippen LogP contribution in [-0.2, 0) is 19.1 Å². The largest absolute Gasteiger partial charge is 0.497 e. The Labute approximate surface area is 210 Å². The number of ether oxygens (including phenoxy) is 3. The van der Waals surface area contributed by atoms with Crippen molar-refractivity contribution in [2.45, 2.75) is 50.5 Å². The zero-order valence-electron chi connectivity index (χ0n) is 20.5. The van der Waals surface area contributed by atoms with Crippen molar-refractivity contribution in [3.8, 4) is 5.75 Å². The van der Waals surface area contributed by atoms with E-state index in [1.807, 2.05) is 31.2 Å². The smallest absolute Gasteiger partial charge is 0.336 e. The van der Waals surface area contributed by atoms with E-state index >= 15 is 0 Å². The van der Waals surface area contributed by atoms with Crippen LogP contribution in [-0.4, -0.2) is 38.2 Å². The SMILES string of the molecule is COc1ccc([C@@H]2C(C(=O)OC[C@@H]3CCCO3)=C(C)NC3=C2C(=O)C[C@H](c2ccc(F)cc2)C3)cc1. The highest BCUT2D eigenvalue weighted by Gasteiger charge is 2.41. The van der Waals surface area contributed by atoms with E-state index in [0.29, 0.717) is 35.6 Å². The number of benzene rings is 2. The zero-order chi connectivity index (χ0) is 25.2. The number of allylic oxidation sites excluding steroid dienone is 3. The standard InChI is InChI=1S/C29H30FNO5/c1-17-26(29(33)36-16-23-4-3-13-35-23)27(19-7-11-22(34-2)12-8-19)28-24(31-17)14-20(15-25(28)32)18-5-9-21(30)10-6-18/h5-12,20,23,27,31H,3-4,13-16H2,1-2H3/t20-,23+,27-/m1/s1. The van der Waals surface area contributed by atoms with Gasteiger partial charge in [-0.1, -0.05) is 24.3 Å². The van der Waals surface area contributed by atoms with Crippen LogP contribution in [0.1, 0.15) is 55.6 Å². The fourth-order valence-corrected chi connectivity index (χ4v) is 5.43. The second kappa shape index (κ2) is 10.3. The van der Waals surface area contributed by atoms with Crippen LogP contribution < -0.4 is 10.1 Å². The number of rotatable bonds is 6. The molecule has 2 aliphatic heterocycles. The summed E-state index contributed by atoms with van der Waals surface area (Å²) in [5.41, 5.74) is 4.23. The Morgan fingerprint density at radius 1 is 1.08 bits per heavy atom. The Morgan fingerprint density at radius 3 is 2.47 bits per heavy atom. The van der Waals surface area contributed by atoms with Crippen LogP contribution in [0.4, 0.5) is 4.39 Å². The molecule has 0 unspecified atom stereocenters. The number of hydrogen-bond acceptors (Lipinski definition) is 6. The molecule has 2 aromatic rings. The van der Waals surface area contributed by atoms with Crippen LogP contribution in [0.25, 0.3) is 0 Å². The van der Waals surface area contributed by atoms with Crippen molar-refractivity contribution in [1.82, 2.24) is 5.32 Å². The predicted molar refractivity (Wildman–Crippen MR) is 132 cm³/mol. The molecule has 1 aliphatic carbocycles. The lowest BCUT2D eigenvalue weighted by Gasteiger charge is -2.36. The van der Waals surface area contributed by atoms with Gasteiger partial charge in [0.25, 0.3) is 0 Å². The van der Waals surface area contributed by atoms with E-state index in [1.54, 1.807) is 19.2 Å². The number of esters is 1. The minimum atomic E-state index is -0.550. The van der Waals surface area contributed by atoms with Crippen molar-refractivity contribution in [3.63, 3.8) is 0 Å². The molecular weight excluding hydrogens is 461 g/mol. The first-order valence-corrected chi connectivity index (χ1v) is 12.4. The number of Topliss-reactive ketones (excluding diaryl/α,β-unsaturated/α-hetero) is 1. The van der Waals surface area contributed by atoms with Gasteiger partial charge in [-0.3, -0.25) is 4.79 Å². The lowest BCUT2D eigenvalue weighted by molar-refractivity contribution is -0.142. The highest BCUT2D eigenvalue weighted by molar-refractivity contribution is 6.04. The van der Waals surface area contributed by atoms with Crippen molar-refractivity contribution in [2.24, 2.45) is 0 Å². The molecule has 3 atom stereocenters. The third kappa shape index (κ3) is 4.80. The zero-order valence-corrected chi connectivity index (χ0v) is 20.5. The molecule has 6 nitrogen and oxygen atoms in total. The van der Waals surface area contributed by atoms with Crippen LogP contribution in [0.15, 0.2) is 71.1 Å². The third-order valence-corrected chi connectivity index (χ3v) is 7.26. The summed E-state index contributed by atoms with van der Waals surface area (Å²) < 4.78 is 30.1. The van der Waals surface area contributed by atoms with Crippen molar-refractivity contribution in [1.29, 1.82) is 0 Å². The molecule has 1 saturated heterocycles. The first kappa shape index (κ1) is 24.3. The van der Waals surface area contributed by atoms with Gasteiger partial charge in [0, 0.05) is 35.9 Å². The van der Waals surface area contributed by atoms with Gasteiger partial charge in [0.15, 0.2) is 5.78 Å². The van der Waals surface area contributed by atoms with Crippen molar-refractivity contribution in [3.05, 3.63) is 88.0 Å². The van der Waals surface area contributed by atoms with Crippen molar-refractivity contribution < 1.29 is 28.2 Å². The molecule has 0 bridgehead atoms. The van der Waals surface area contributed by atoms with E-state index in [2.05, 4.69) is 5.32 Å². The predicted octanol–water partition coefficient (Wildman–Crippen LogP) is 4.92. The van der Waals surface area contributed by atoms with Crippen molar-refractivity contribution in [2.75, 3.05) is 20.3 Å². The molecule has 0 radical (unpaired) electrons. The maximum absolute atomic E-state index is 13.6. The van der Waals surface area contributed by atoms with E-state index in [-0.39, 0.29) is 36.7 Å². The Morgan fingerprint density at radius 2 is 1.81 bits per heavy atom. The lowest BCUT2D eigenvalue weighted by Crippen LogP contribution is -2.36. The lowest BCUT2D eigenvalue weighted by atomic mass is 9.71. The molecule has 0 amide bonds. The summed E-state index contributed by atoms with van der Waals surface area (Å²) in [6.07, 6.45) is 2.61. The van der Waals surface area contributed by atoms with Gasteiger partial charge in [0.1, 0.15) is 18.2 Å². The number of nitrogens with one attached hydrogen (secondary N) is 1. The molecule has 2 heterocycles. The number of carbonyl (C=O) groups is 2. The van der Waals surface area contributed by atoms with E-state index in [1.165, 1.54) is 12.1 Å². The Hall–Kier alpha value is -3.45. The van der Waals surface area contributed by atoms with E-state index in [0.717, 1.165) is 29.7 Å². The molecule has 2 aromatic carbocycles. The van der Waals surface area contributed by atoms with Crippen LogP contribution in [0.5, 0.6) is 5.75 Å². The first-order valence-electron chi connectivity index (χ1n) is 12.4. The molecule has 0 saturated carbocycles. The molecule has 0 aromatic heterocycles. The van der Waals surface area contributed by atoms with E-state index in [9.17, 15) is 14.0 Å². The van der Waals surface area contributed by atoms with Gasteiger partial charge in [0.2, 0.25) is 0 Å².